The monoisotopic (exact) mass is 746 g/mol. The zero-order valence-electron chi connectivity index (χ0n) is 33.3. The number of ether oxygens (including phenoxy) is 2. The molecular formula is C44H75NO8. The highest BCUT2D eigenvalue weighted by Gasteiger charge is 2.64. The molecule has 1 aromatic rings. The molecule has 0 aromatic heterocycles. The van der Waals surface area contributed by atoms with Gasteiger partial charge < -0.3 is 35.2 Å². The molecule has 1 aliphatic rings. The fourth-order valence-electron chi connectivity index (χ4n) is 7.73. The molecule has 53 heavy (non-hydrogen) atoms. The third-order valence-corrected chi connectivity index (χ3v) is 11.0. The van der Waals surface area contributed by atoms with Gasteiger partial charge >= 0.3 is 5.97 Å². The van der Waals surface area contributed by atoms with Gasteiger partial charge in [0.15, 0.2) is 6.29 Å². The number of rotatable bonds is 31. The minimum absolute atomic E-state index is 0.111. The molecule has 9 heteroatoms. The van der Waals surface area contributed by atoms with Crippen LogP contribution in [-0.2, 0) is 25.5 Å². The van der Waals surface area contributed by atoms with Crippen LogP contribution in [0, 0.1) is 0 Å². The van der Waals surface area contributed by atoms with Gasteiger partial charge in [0.2, 0.25) is 5.91 Å². The number of aliphatic hydroxyl groups is 4. The number of carbonyl (C=O) groups excluding carboxylic acids is 2. The van der Waals surface area contributed by atoms with Crippen molar-refractivity contribution in [2.24, 2.45) is 0 Å². The molecule has 0 radical (unpaired) electrons. The summed E-state index contributed by atoms with van der Waals surface area (Å²) in [5.74, 6) is -0.866. The van der Waals surface area contributed by atoms with Crippen LogP contribution in [0.5, 0.6) is 0 Å². The summed E-state index contributed by atoms with van der Waals surface area (Å²) in [6.45, 7) is 7.53. The highest BCUT2D eigenvalue weighted by molar-refractivity contribution is 5.78. The molecule has 1 aliphatic heterocycles. The Morgan fingerprint density at radius 1 is 0.811 bits per heavy atom. The SMILES string of the molecule is C=CC[C@@]1(O)[C@H](NC(=O)CC(CCCCCCCCCCC)OC(=O)CCCCCCCCCCCCC)[C@@H](O)O[C@H](CO)[C@]1(O)Cc1ccccc1. The first kappa shape index (κ1) is 46.9. The van der Waals surface area contributed by atoms with Crippen LogP contribution >= 0.6 is 0 Å². The number of benzene rings is 1. The van der Waals surface area contributed by atoms with Crippen LogP contribution in [0.15, 0.2) is 43.0 Å². The normalized spacial score (nSPS) is 23.4. The van der Waals surface area contributed by atoms with Crippen molar-refractivity contribution in [2.75, 3.05) is 6.61 Å². The molecule has 0 bridgehead atoms. The maximum Gasteiger partial charge on any atom is 0.306 e. The molecule has 1 unspecified atom stereocenters. The minimum atomic E-state index is -2.15. The number of hydrogen-bond acceptors (Lipinski definition) is 8. The zero-order chi connectivity index (χ0) is 38.8. The van der Waals surface area contributed by atoms with Crippen molar-refractivity contribution in [3.63, 3.8) is 0 Å². The van der Waals surface area contributed by atoms with Gasteiger partial charge in [-0.1, -0.05) is 166 Å². The Labute approximate surface area is 321 Å². The van der Waals surface area contributed by atoms with E-state index in [-0.39, 0.29) is 25.2 Å². The molecule has 2 rings (SSSR count). The van der Waals surface area contributed by atoms with E-state index in [1.807, 2.05) is 6.07 Å². The largest absolute Gasteiger partial charge is 0.462 e. The maximum atomic E-state index is 13.6. The molecule has 9 nitrogen and oxygen atoms in total. The van der Waals surface area contributed by atoms with E-state index in [1.165, 1.54) is 89.5 Å². The lowest BCUT2D eigenvalue weighted by Gasteiger charge is -2.56. The van der Waals surface area contributed by atoms with E-state index in [4.69, 9.17) is 9.47 Å². The molecule has 1 amide bonds. The lowest BCUT2D eigenvalue weighted by atomic mass is 9.67. The van der Waals surface area contributed by atoms with Crippen molar-refractivity contribution in [2.45, 2.75) is 210 Å². The Balaban J connectivity index is 2.02. The number of aliphatic hydroxyl groups excluding tert-OH is 2. The Kier molecular flexibility index (Phi) is 24.1. The standard InChI is InChI=1S/C44H75NO8/c1-4-7-9-11-13-15-16-18-20-22-27-31-40(48)52-37(30-26-21-19-17-14-12-10-8-5-2)33-39(47)45-41-42(49)53-38(35-46)44(51,43(41,50)32-6-3)34-36-28-24-23-25-29-36/h6,23-25,28-29,37-38,41-42,46,49-51H,3-5,7-22,26-27,30-35H2,1-2H3,(H,45,47)/t37?,38-,41-,42+,43-,44-/m1/s1. The Bertz CT molecular complexity index is 1120. The first-order chi connectivity index (χ1) is 25.6. The van der Waals surface area contributed by atoms with Gasteiger partial charge in [-0.2, -0.15) is 0 Å². The smallest absolute Gasteiger partial charge is 0.306 e. The fourth-order valence-corrected chi connectivity index (χ4v) is 7.73. The van der Waals surface area contributed by atoms with Gasteiger partial charge in [0.25, 0.3) is 0 Å². The van der Waals surface area contributed by atoms with Crippen molar-refractivity contribution in [3.8, 4) is 0 Å². The predicted molar refractivity (Wildman–Crippen MR) is 212 cm³/mol. The number of nitrogens with one attached hydrogen (secondary N) is 1. The second kappa shape index (κ2) is 27.3. The Hall–Kier alpha value is -2.30. The van der Waals surface area contributed by atoms with Crippen LogP contribution in [0.2, 0.25) is 0 Å². The highest BCUT2D eigenvalue weighted by atomic mass is 16.6. The number of unbranched alkanes of at least 4 members (excludes halogenated alkanes) is 18. The molecule has 6 atom stereocenters. The summed E-state index contributed by atoms with van der Waals surface area (Å²) in [7, 11) is 0. The van der Waals surface area contributed by atoms with Crippen LogP contribution in [0.3, 0.4) is 0 Å². The summed E-state index contributed by atoms with van der Waals surface area (Å²) >= 11 is 0. The molecule has 1 fully saturated rings. The van der Waals surface area contributed by atoms with Gasteiger partial charge in [0.1, 0.15) is 29.5 Å². The van der Waals surface area contributed by atoms with Gasteiger partial charge in [0.05, 0.1) is 13.0 Å². The number of hydrogen-bond donors (Lipinski definition) is 5. The molecule has 304 valence electrons. The van der Waals surface area contributed by atoms with E-state index < -0.39 is 48.3 Å². The van der Waals surface area contributed by atoms with E-state index in [0.29, 0.717) is 18.4 Å². The molecule has 1 aromatic carbocycles. The number of esters is 1. The van der Waals surface area contributed by atoms with Crippen LogP contribution in [-0.4, -0.2) is 74.7 Å². The van der Waals surface area contributed by atoms with Crippen LogP contribution in [0.1, 0.15) is 174 Å². The number of carbonyl (C=O) groups is 2. The van der Waals surface area contributed by atoms with Gasteiger partial charge in [0, 0.05) is 12.8 Å². The van der Waals surface area contributed by atoms with Gasteiger partial charge in [-0.15, -0.1) is 6.58 Å². The molecule has 5 N–H and O–H groups in total. The van der Waals surface area contributed by atoms with Crippen LogP contribution in [0.25, 0.3) is 0 Å². The predicted octanol–water partition coefficient (Wildman–Crippen LogP) is 8.39. The van der Waals surface area contributed by atoms with E-state index in [0.717, 1.165) is 44.9 Å². The Morgan fingerprint density at radius 3 is 1.83 bits per heavy atom. The van der Waals surface area contributed by atoms with Crippen molar-refractivity contribution in [3.05, 3.63) is 48.6 Å². The van der Waals surface area contributed by atoms with Gasteiger partial charge in [-0.05, 0) is 31.2 Å². The first-order valence-electron chi connectivity index (χ1n) is 21.2. The van der Waals surface area contributed by atoms with E-state index >= 15 is 0 Å². The van der Waals surface area contributed by atoms with Crippen molar-refractivity contribution in [1.82, 2.24) is 5.32 Å². The van der Waals surface area contributed by atoms with Crippen LogP contribution < -0.4 is 5.32 Å². The molecule has 0 spiro atoms. The fraction of sp³-hybridized carbons (Fsp3) is 0.773. The topological polar surface area (TPSA) is 146 Å². The summed E-state index contributed by atoms with van der Waals surface area (Å²) < 4.78 is 11.5. The second-order valence-electron chi connectivity index (χ2n) is 15.5. The van der Waals surface area contributed by atoms with Crippen molar-refractivity contribution >= 4 is 11.9 Å². The van der Waals surface area contributed by atoms with Crippen molar-refractivity contribution in [1.29, 1.82) is 0 Å². The first-order valence-corrected chi connectivity index (χ1v) is 21.2. The summed E-state index contributed by atoms with van der Waals surface area (Å²) in [6, 6.07) is 7.52. The third-order valence-electron chi connectivity index (χ3n) is 11.0. The average molecular weight is 746 g/mol. The summed E-state index contributed by atoms with van der Waals surface area (Å²) in [4.78, 5) is 26.6. The molecule has 0 aliphatic carbocycles. The van der Waals surface area contributed by atoms with E-state index in [9.17, 15) is 30.0 Å². The summed E-state index contributed by atoms with van der Waals surface area (Å²) in [5.41, 5.74) is -3.57. The maximum absolute atomic E-state index is 13.6. The molecular weight excluding hydrogens is 670 g/mol. The van der Waals surface area contributed by atoms with E-state index in [2.05, 4.69) is 25.7 Å². The molecule has 0 saturated carbocycles. The Morgan fingerprint density at radius 2 is 1.32 bits per heavy atom. The van der Waals surface area contributed by atoms with Gasteiger partial charge in [-0.25, -0.2) is 0 Å². The molecule has 1 saturated heterocycles. The highest BCUT2D eigenvalue weighted by Crippen LogP contribution is 2.42. The minimum Gasteiger partial charge on any atom is -0.462 e. The van der Waals surface area contributed by atoms with Gasteiger partial charge in [-0.3, -0.25) is 9.59 Å². The van der Waals surface area contributed by atoms with E-state index in [1.54, 1.807) is 24.3 Å². The molecule has 1 heterocycles. The van der Waals surface area contributed by atoms with Crippen molar-refractivity contribution < 1.29 is 39.5 Å². The quantitative estimate of drug-likeness (QED) is 0.0290. The average Bonchev–Trinajstić information content (AvgIpc) is 3.14. The number of amides is 1. The zero-order valence-corrected chi connectivity index (χ0v) is 33.3. The summed E-state index contributed by atoms with van der Waals surface area (Å²) in [5, 5.41) is 48.2. The lowest BCUT2D eigenvalue weighted by molar-refractivity contribution is -0.327. The lowest BCUT2D eigenvalue weighted by Crippen LogP contribution is -2.78. The van der Waals surface area contributed by atoms with Crippen LogP contribution in [0.4, 0.5) is 0 Å². The second-order valence-corrected chi connectivity index (χ2v) is 15.5. The summed E-state index contributed by atoms with van der Waals surface area (Å²) in [6.07, 6.45) is 21.4. The third kappa shape index (κ3) is 16.9.